The largest absolute Gasteiger partial charge is 0.460 e. The van der Waals surface area contributed by atoms with Gasteiger partial charge >= 0.3 is 11.9 Å². The number of carbonyl (C=O) groups is 2. The normalized spacial score (nSPS) is 15.5. The molecular weight excluding hydrogens is 432 g/mol. The lowest BCUT2D eigenvalue weighted by molar-refractivity contribution is -0.384. The van der Waals surface area contributed by atoms with Gasteiger partial charge in [-0.15, -0.1) is 0 Å². The number of esters is 2. The van der Waals surface area contributed by atoms with Crippen molar-refractivity contribution in [1.82, 2.24) is 5.32 Å². The molecule has 10 nitrogen and oxygen atoms in total. The highest BCUT2D eigenvalue weighted by Gasteiger charge is 2.38. The van der Waals surface area contributed by atoms with Gasteiger partial charge in [-0.3, -0.25) is 10.1 Å². The Labute approximate surface area is 193 Å². The van der Waals surface area contributed by atoms with Crippen LogP contribution >= 0.6 is 0 Å². The Balaban J connectivity index is 0.00000172. The Morgan fingerprint density at radius 3 is 2.24 bits per heavy atom. The van der Waals surface area contributed by atoms with Gasteiger partial charge in [0.05, 0.1) is 34.7 Å². The van der Waals surface area contributed by atoms with Crippen molar-refractivity contribution in [3.8, 4) is 0 Å². The molecule has 0 saturated carbocycles. The van der Waals surface area contributed by atoms with E-state index in [0.29, 0.717) is 17.0 Å². The number of hydrogen-bond donors (Lipinski definition) is 2. The zero-order valence-corrected chi connectivity index (χ0v) is 19.8. The predicted octanol–water partition coefficient (Wildman–Crippen LogP) is 2.97. The van der Waals surface area contributed by atoms with E-state index in [1.54, 1.807) is 40.7 Å². The second kappa shape index (κ2) is 13.3. The van der Waals surface area contributed by atoms with E-state index in [0.717, 1.165) is 0 Å². The number of benzene rings is 1. The van der Waals surface area contributed by atoms with E-state index in [4.69, 9.17) is 19.3 Å². The van der Waals surface area contributed by atoms with Crippen LogP contribution in [0.2, 0.25) is 0 Å². The summed E-state index contributed by atoms with van der Waals surface area (Å²) in [4.78, 5) is 36.6. The number of aliphatic hydroxyl groups excluding tert-OH is 1. The number of nitrogens with one attached hydrogen (secondary N) is 1. The van der Waals surface area contributed by atoms with Gasteiger partial charge < -0.3 is 24.6 Å². The second-order valence-electron chi connectivity index (χ2n) is 7.39. The zero-order chi connectivity index (χ0) is 25.1. The highest BCUT2D eigenvalue weighted by Crippen LogP contribution is 2.40. The van der Waals surface area contributed by atoms with E-state index in [-0.39, 0.29) is 42.8 Å². The maximum Gasteiger partial charge on any atom is 0.337 e. The van der Waals surface area contributed by atoms with Crippen LogP contribution in [0.5, 0.6) is 0 Å². The third-order valence-electron chi connectivity index (χ3n) is 4.48. The molecule has 1 atom stereocenters. The molecule has 1 aromatic carbocycles. The summed E-state index contributed by atoms with van der Waals surface area (Å²) in [6.07, 6.45) is -0.382. The molecule has 1 heterocycles. The molecule has 0 spiro atoms. The lowest BCUT2D eigenvalue weighted by Gasteiger charge is -2.30. The Morgan fingerprint density at radius 1 is 1.15 bits per heavy atom. The summed E-state index contributed by atoms with van der Waals surface area (Å²) in [5.74, 6) is -2.13. The number of methoxy groups -OCH3 is 1. The van der Waals surface area contributed by atoms with E-state index in [2.05, 4.69) is 5.32 Å². The van der Waals surface area contributed by atoms with Crippen LogP contribution in [0.25, 0.3) is 0 Å². The predicted molar refractivity (Wildman–Crippen MR) is 121 cm³/mol. The van der Waals surface area contributed by atoms with Gasteiger partial charge in [0.25, 0.3) is 5.69 Å². The van der Waals surface area contributed by atoms with E-state index in [1.165, 1.54) is 25.3 Å². The molecular formula is C23H32N2O8. The van der Waals surface area contributed by atoms with E-state index < -0.39 is 22.8 Å². The smallest absolute Gasteiger partial charge is 0.337 e. The zero-order valence-electron chi connectivity index (χ0n) is 19.8. The van der Waals surface area contributed by atoms with Crippen molar-refractivity contribution in [2.75, 3.05) is 26.9 Å². The highest BCUT2D eigenvalue weighted by molar-refractivity contribution is 6.00. The van der Waals surface area contributed by atoms with Gasteiger partial charge in [0.15, 0.2) is 0 Å². The van der Waals surface area contributed by atoms with E-state index in [9.17, 15) is 19.7 Å². The van der Waals surface area contributed by atoms with Crippen LogP contribution in [0.4, 0.5) is 5.69 Å². The standard InChI is InChI=1S/C21H26N2O7.C2H6O/c1-12(2)30-21(25)18-14(4)22-13(3)17(20(24)29-10-9-28-5)19(18)15-7-6-8-16(11-15)23(26)27;1-2-3/h6-8,11-12,19,22H,9-10H2,1-5H3;3H,2H2,1H3. The van der Waals surface area contributed by atoms with Gasteiger partial charge in [0, 0.05) is 37.2 Å². The van der Waals surface area contributed by atoms with Gasteiger partial charge in [0.1, 0.15) is 6.61 Å². The molecule has 0 amide bonds. The first kappa shape index (κ1) is 27.8. The Hall–Kier alpha value is -3.24. The van der Waals surface area contributed by atoms with E-state index >= 15 is 0 Å². The molecule has 0 saturated heterocycles. The molecule has 0 aromatic heterocycles. The lowest BCUT2D eigenvalue weighted by atomic mass is 9.80. The Morgan fingerprint density at radius 2 is 1.73 bits per heavy atom. The average Bonchev–Trinajstić information content (AvgIpc) is 2.73. The number of rotatable bonds is 8. The molecule has 1 aliphatic heterocycles. The van der Waals surface area contributed by atoms with Gasteiger partial charge in [0.2, 0.25) is 0 Å². The molecule has 10 heteroatoms. The summed E-state index contributed by atoms with van der Waals surface area (Å²) in [7, 11) is 1.48. The number of carbonyl (C=O) groups excluding carboxylic acids is 2. The van der Waals surface area contributed by atoms with Crippen LogP contribution in [0.15, 0.2) is 46.8 Å². The number of ether oxygens (including phenoxy) is 3. The molecule has 2 N–H and O–H groups in total. The molecule has 0 bridgehead atoms. The second-order valence-corrected chi connectivity index (χ2v) is 7.39. The van der Waals surface area contributed by atoms with Crippen molar-refractivity contribution in [3.63, 3.8) is 0 Å². The first-order chi connectivity index (χ1) is 15.6. The van der Waals surface area contributed by atoms with Crippen LogP contribution in [0, 0.1) is 10.1 Å². The minimum absolute atomic E-state index is 0.0300. The molecule has 182 valence electrons. The SMILES string of the molecule is CCO.COCCOC(=O)C1=C(C)NC(C)=C(C(=O)OC(C)C)C1c1cccc([N+](=O)[O-])c1. The quantitative estimate of drug-likeness (QED) is 0.257. The number of nitrogens with zero attached hydrogens (tertiary/aromatic N) is 1. The fourth-order valence-corrected chi connectivity index (χ4v) is 3.26. The minimum atomic E-state index is -0.882. The summed E-state index contributed by atoms with van der Waals surface area (Å²) in [6.45, 7) is 8.98. The average molecular weight is 465 g/mol. The fraction of sp³-hybridized carbons (Fsp3) is 0.478. The summed E-state index contributed by atoms with van der Waals surface area (Å²) >= 11 is 0. The summed E-state index contributed by atoms with van der Waals surface area (Å²) in [5.41, 5.74) is 1.65. The fourth-order valence-electron chi connectivity index (χ4n) is 3.26. The molecule has 0 aliphatic carbocycles. The summed E-state index contributed by atoms with van der Waals surface area (Å²) in [6, 6.07) is 5.84. The maximum absolute atomic E-state index is 12.9. The monoisotopic (exact) mass is 464 g/mol. The van der Waals surface area contributed by atoms with Crippen molar-refractivity contribution in [3.05, 3.63) is 62.5 Å². The van der Waals surface area contributed by atoms with Gasteiger partial charge in [-0.2, -0.15) is 0 Å². The maximum atomic E-state index is 12.9. The highest BCUT2D eigenvalue weighted by atomic mass is 16.6. The van der Waals surface area contributed by atoms with Crippen LogP contribution < -0.4 is 5.32 Å². The number of nitro groups is 1. The van der Waals surface area contributed by atoms with Crippen molar-refractivity contribution in [1.29, 1.82) is 0 Å². The molecule has 0 fully saturated rings. The Bertz CT molecular complexity index is 921. The van der Waals surface area contributed by atoms with Crippen molar-refractivity contribution < 1.29 is 33.8 Å². The van der Waals surface area contributed by atoms with E-state index in [1.807, 2.05) is 0 Å². The van der Waals surface area contributed by atoms with Crippen LogP contribution in [-0.4, -0.2) is 55.0 Å². The number of dihydropyridines is 1. The number of nitro benzene ring substituents is 1. The first-order valence-electron chi connectivity index (χ1n) is 10.5. The number of non-ortho nitro benzene ring substituents is 1. The third kappa shape index (κ3) is 7.69. The summed E-state index contributed by atoms with van der Waals surface area (Å²) in [5, 5.41) is 21.9. The van der Waals surface area contributed by atoms with Crippen LogP contribution in [0.1, 0.15) is 46.1 Å². The topological polar surface area (TPSA) is 137 Å². The number of hydrogen-bond acceptors (Lipinski definition) is 9. The molecule has 33 heavy (non-hydrogen) atoms. The molecule has 1 unspecified atom stereocenters. The summed E-state index contributed by atoms with van der Waals surface area (Å²) < 4.78 is 15.6. The molecule has 2 rings (SSSR count). The third-order valence-corrected chi connectivity index (χ3v) is 4.48. The minimum Gasteiger partial charge on any atom is -0.460 e. The lowest BCUT2D eigenvalue weighted by Crippen LogP contribution is -2.33. The molecule has 1 aliphatic rings. The number of allylic oxidation sites excluding steroid dienone is 2. The Kier molecular flexibility index (Phi) is 11.2. The van der Waals surface area contributed by atoms with Crippen LogP contribution in [-0.2, 0) is 23.8 Å². The van der Waals surface area contributed by atoms with Gasteiger partial charge in [-0.05, 0) is 40.2 Å². The van der Waals surface area contributed by atoms with Crippen molar-refractivity contribution >= 4 is 17.6 Å². The van der Waals surface area contributed by atoms with Crippen LogP contribution in [0.3, 0.4) is 0 Å². The van der Waals surface area contributed by atoms with Crippen molar-refractivity contribution in [2.45, 2.75) is 46.6 Å². The molecule has 0 radical (unpaired) electrons. The van der Waals surface area contributed by atoms with Gasteiger partial charge in [-0.25, -0.2) is 9.59 Å². The first-order valence-corrected chi connectivity index (χ1v) is 10.5. The van der Waals surface area contributed by atoms with Gasteiger partial charge in [-0.1, -0.05) is 12.1 Å². The number of aliphatic hydroxyl groups is 1. The van der Waals surface area contributed by atoms with Crippen molar-refractivity contribution in [2.24, 2.45) is 0 Å². The molecule has 1 aromatic rings.